The van der Waals surface area contributed by atoms with Crippen LogP contribution >= 0.6 is 0 Å². The van der Waals surface area contributed by atoms with Gasteiger partial charge in [0.15, 0.2) is 9.84 Å². The third-order valence-corrected chi connectivity index (χ3v) is 4.39. The van der Waals surface area contributed by atoms with Crippen molar-refractivity contribution in [2.24, 2.45) is 0 Å². The van der Waals surface area contributed by atoms with Gasteiger partial charge in [-0.3, -0.25) is 0 Å². The van der Waals surface area contributed by atoms with Crippen molar-refractivity contribution < 1.29 is 23.1 Å². The molecule has 19 heavy (non-hydrogen) atoms. The molecule has 8 heteroatoms. The van der Waals surface area contributed by atoms with E-state index in [1.54, 1.807) is 6.92 Å². The van der Waals surface area contributed by atoms with Crippen LogP contribution in [0.5, 0.6) is 0 Å². The standard InChI is InChI=1S/C11H18N2O5S/c1-4-13(11(2,3)9(14)15)10(16)12-8-5-6-19(17,18)7-8/h5-6,8H,4,7H2,1-3H3,(H,12,16)(H,14,15). The van der Waals surface area contributed by atoms with E-state index in [1.807, 2.05) is 0 Å². The van der Waals surface area contributed by atoms with Gasteiger partial charge in [-0.05, 0) is 26.8 Å². The quantitative estimate of drug-likeness (QED) is 0.769. The fraction of sp³-hybridized carbons (Fsp3) is 0.636. The van der Waals surface area contributed by atoms with Crippen molar-refractivity contribution in [3.63, 3.8) is 0 Å². The van der Waals surface area contributed by atoms with Crippen LogP contribution in [0.1, 0.15) is 20.8 Å². The first-order chi connectivity index (χ1) is 8.60. The van der Waals surface area contributed by atoms with Gasteiger partial charge < -0.3 is 15.3 Å². The molecule has 1 aliphatic rings. The van der Waals surface area contributed by atoms with Gasteiger partial charge in [-0.1, -0.05) is 0 Å². The van der Waals surface area contributed by atoms with Crippen LogP contribution in [-0.4, -0.2) is 54.3 Å². The average molecular weight is 290 g/mol. The third kappa shape index (κ3) is 3.46. The topological polar surface area (TPSA) is 104 Å². The summed E-state index contributed by atoms with van der Waals surface area (Å²) in [6.45, 7) is 4.69. The van der Waals surface area contributed by atoms with E-state index in [-0.39, 0.29) is 12.3 Å². The zero-order valence-corrected chi connectivity index (χ0v) is 11.9. The lowest BCUT2D eigenvalue weighted by Gasteiger charge is -2.34. The van der Waals surface area contributed by atoms with Gasteiger partial charge in [0.05, 0.1) is 11.8 Å². The molecule has 0 saturated carbocycles. The van der Waals surface area contributed by atoms with Crippen molar-refractivity contribution in [2.75, 3.05) is 12.3 Å². The normalized spacial score (nSPS) is 21.1. The number of urea groups is 1. The summed E-state index contributed by atoms with van der Waals surface area (Å²) in [6.07, 6.45) is 1.38. The summed E-state index contributed by atoms with van der Waals surface area (Å²) in [4.78, 5) is 24.3. The molecule has 0 spiro atoms. The average Bonchev–Trinajstić information content (AvgIpc) is 2.58. The first-order valence-electron chi connectivity index (χ1n) is 5.82. The minimum absolute atomic E-state index is 0.191. The van der Waals surface area contributed by atoms with Gasteiger partial charge in [0.1, 0.15) is 5.54 Å². The lowest BCUT2D eigenvalue weighted by atomic mass is 10.0. The predicted molar refractivity (Wildman–Crippen MR) is 69.3 cm³/mol. The predicted octanol–water partition coefficient (Wildman–Crippen LogP) is 0.192. The highest BCUT2D eigenvalue weighted by Gasteiger charge is 2.38. The molecule has 0 bridgehead atoms. The molecule has 0 aromatic heterocycles. The highest BCUT2D eigenvalue weighted by molar-refractivity contribution is 7.94. The van der Waals surface area contributed by atoms with Gasteiger partial charge in [0.2, 0.25) is 0 Å². The summed E-state index contributed by atoms with van der Waals surface area (Å²) in [5.74, 6) is -1.32. The second-order valence-electron chi connectivity index (χ2n) is 4.82. The fourth-order valence-electron chi connectivity index (χ4n) is 1.81. The molecule has 1 heterocycles. The lowest BCUT2D eigenvalue weighted by molar-refractivity contribution is -0.147. The Morgan fingerprint density at radius 3 is 2.42 bits per heavy atom. The maximum Gasteiger partial charge on any atom is 0.329 e. The van der Waals surface area contributed by atoms with E-state index >= 15 is 0 Å². The van der Waals surface area contributed by atoms with E-state index in [0.29, 0.717) is 0 Å². The molecule has 0 aromatic carbocycles. The van der Waals surface area contributed by atoms with Crippen LogP contribution in [0.2, 0.25) is 0 Å². The highest BCUT2D eigenvalue weighted by atomic mass is 32.2. The van der Waals surface area contributed by atoms with Crippen LogP contribution in [-0.2, 0) is 14.6 Å². The van der Waals surface area contributed by atoms with Gasteiger partial charge in [-0.25, -0.2) is 18.0 Å². The molecular formula is C11H18N2O5S. The van der Waals surface area contributed by atoms with E-state index in [4.69, 9.17) is 5.11 Å². The molecule has 2 amide bonds. The van der Waals surface area contributed by atoms with Crippen LogP contribution in [0.15, 0.2) is 11.5 Å². The number of rotatable bonds is 4. The Hall–Kier alpha value is -1.57. The molecular weight excluding hydrogens is 272 g/mol. The molecule has 1 atom stereocenters. The summed E-state index contributed by atoms with van der Waals surface area (Å²) < 4.78 is 22.4. The molecule has 2 N–H and O–H groups in total. The Balaban J connectivity index is 2.77. The molecule has 1 unspecified atom stereocenters. The van der Waals surface area contributed by atoms with Crippen LogP contribution in [0.3, 0.4) is 0 Å². The SMILES string of the molecule is CCN(C(=O)NC1C=CS(=O)(=O)C1)C(C)(C)C(=O)O. The van der Waals surface area contributed by atoms with E-state index in [2.05, 4.69) is 5.32 Å². The van der Waals surface area contributed by atoms with Gasteiger partial charge in [0.25, 0.3) is 0 Å². The molecule has 1 aliphatic heterocycles. The van der Waals surface area contributed by atoms with Crippen molar-refractivity contribution in [3.8, 4) is 0 Å². The fourth-order valence-corrected chi connectivity index (χ4v) is 3.05. The number of likely N-dealkylation sites (N-methyl/N-ethyl adjacent to an activating group) is 1. The minimum Gasteiger partial charge on any atom is -0.480 e. The molecule has 0 fully saturated rings. The molecule has 0 aliphatic carbocycles. The molecule has 0 saturated heterocycles. The zero-order chi connectivity index (χ0) is 14.8. The summed E-state index contributed by atoms with van der Waals surface area (Å²) in [7, 11) is -3.26. The Kier molecular flexibility index (Phi) is 4.24. The van der Waals surface area contributed by atoms with Gasteiger partial charge in [-0.15, -0.1) is 0 Å². The molecule has 7 nitrogen and oxygen atoms in total. The minimum atomic E-state index is -3.26. The van der Waals surface area contributed by atoms with E-state index < -0.39 is 33.4 Å². The first kappa shape index (κ1) is 15.5. The summed E-state index contributed by atoms with van der Waals surface area (Å²) in [5, 5.41) is 12.7. The number of aliphatic carboxylic acids is 1. The van der Waals surface area contributed by atoms with Crippen molar-refractivity contribution in [3.05, 3.63) is 11.5 Å². The second-order valence-corrected chi connectivity index (χ2v) is 6.75. The molecule has 0 radical (unpaired) electrons. The second kappa shape index (κ2) is 5.20. The molecule has 0 aromatic rings. The summed E-state index contributed by atoms with van der Waals surface area (Å²) in [6, 6.07) is -1.21. The van der Waals surface area contributed by atoms with Gasteiger partial charge >= 0.3 is 12.0 Å². The van der Waals surface area contributed by atoms with Crippen molar-refractivity contribution in [1.29, 1.82) is 0 Å². The Bertz CT molecular complexity index is 509. The number of nitrogens with zero attached hydrogens (tertiary/aromatic N) is 1. The zero-order valence-electron chi connectivity index (χ0n) is 11.1. The number of hydrogen-bond acceptors (Lipinski definition) is 4. The number of carbonyl (C=O) groups is 2. The van der Waals surface area contributed by atoms with Crippen LogP contribution in [0.25, 0.3) is 0 Å². The number of sulfone groups is 1. The Morgan fingerprint density at radius 1 is 1.47 bits per heavy atom. The van der Waals surface area contributed by atoms with E-state index in [1.165, 1.54) is 19.9 Å². The molecule has 1 rings (SSSR count). The van der Waals surface area contributed by atoms with Gasteiger partial charge in [-0.2, -0.15) is 0 Å². The number of carboxylic acid groups (broad SMARTS) is 1. The smallest absolute Gasteiger partial charge is 0.329 e. The van der Waals surface area contributed by atoms with E-state index in [9.17, 15) is 18.0 Å². The Morgan fingerprint density at radius 2 is 2.05 bits per heavy atom. The van der Waals surface area contributed by atoms with Crippen LogP contribution in [0.4, 0.5) is 4.79 Å². The maximum absolute atomic E-state index is 12.0. The first-order valence-corrected chi connectivity index (χ1v) is 7.54. The lowest BCUT2D eigenvalue weighted by Crippen LogP contribution is -2.57. The number of amides is 2. The van der Waals surface area contributed by atoms with Crippen molar-refractivity contribution in [2.45, 2.75) is 32.4 Å². The number of carbonyl (C=O) groups excluding carboxylic acids is 1. The van der Waals surface area contributed by atoms with Crippen molar-refractivity contribution in [1.82, 2.24) is 10.2 Å². The van der Waals surface area contributed by atoms with Crippen LogP contribution in [0, 0.1) is 0 Å². The van der Waals surface area contributed by atoms with Crippen molar-refractivity contribution >= 4 is 21.8 Å². The number of carboxylic acids is 1. The van der Waals surface area contributed by atoms with Gasteiger partial charge in [0, 0.05) is 12.0 Å². The summed E-state index contributed by atoms with van der Waals surface area (Å²) >= 11 is 0. The maximum atomic E-state index is 12.0. The number of hydrogen-bond donors (Lipinski definition) is 2. The number of nitrogens with one attached hydrogen (secondary N) is 1. The van der Waals surface area contributed by atoms with E-state index in [0.717, 1.165) is 10.3 Å². The monoisotopic (exact) mass is 290 g/mol. The largest absolute Gasteiger partial charge is 0.480 e. The highest BCUT2D eigenvalue weighted by Crippen LogP contribution is 2.16. The van der Waals surface area contributed by atoms with Crippen LogP contribution < -0.4 is 5.32 Å². The summed E-state index contributed by atoms with van der Waals surface area (Å²) in [5.41, 5.74) is -1.36. The molecule has 108 valence electrons. The third-order valence-electron chi connectivity index (χ3n) is 3.00. The Labute approximate surface area is 112 Å².